The van der Waals surface area contributed by atoms with Crippen molar-refractivity contribution in [3.8, 4) is 17.2 Å². The molecule has 0 radical (unpaired) electrons. The number of carbonyl (C=O) groups is 1. The summed E-state index contributed by atoms with van der Waals surface area (Å²) in [5.41, 5.74) is 1.34. The topological polar surface area (TPSA) is 54.0 Å². The van der Waals surface area contributed by atoms with Crippen molar-refractivity contribution in [2.45, 2.75) is 18.4 Å². The third kappa shape index (κ3) is 2.60. The molecule has 1 atom stereocenters. The van der Waals surface area contributed by atoms with E-state index in [1.54, 1.807) is 39.5 Å². The first kappa shape index (κ1) is 17.9. The predicted molar refractivity (Wildman–Crippen MR) is 97.9 cm³/mol. The molecule has 1 aliphatic heterocycles. The van der Waals surface area contributed by atoms with Crippen molar-refractivity contribution in [3.63, 3.8) is 0 Å². The van der Waals surface area contributed by atoms with Gasteiger partial charge in [-0.3, -0.25) is 4.79 Å². The van der Waals surface area contributed by atoms with Crippen molar-refractivity contribution in [1.29, 1.82) is 0 Å². The number of hydrogen-bond acceptors (Lipinski definition) is 5. The Morgan fingerprint density at radius 1 is 1.12 bits per heavy atom. The lowest BCUT2D eigenvalue weighted by molar-refractivity contribution is -0.152. The molecule has 0 aliphatic carbocycles. The smallest absolute Gasteiger partial charge is 0.322 e. The lowest BCUT2D eigenvalue weighted by atomic mass is 9.68. The number of hydrogen-bond donors (Lipinski definition) is 0. The molecular weight excluding hydrogens is 332 g/mol. The van der Waals surface area contributed by atoms with Crippen molar-refractivity contribution in [3.05, 3.63) is 65.7 Å². The standard InChI is InChI=1S/C21H22O5/c1-5-10-21(16-9-7-6-8-14(16)13-26-20(21)22)19-17(24-3)11-15(23-2)12-18(19)25-4/h5-9,11-12H,1,10,13H2,2-4H3/t21-/m1/s1. The van der Waals surface area contributed by atoms with E-state index in [-0.39, 0.29) is 12.6 Å². The second kappa shape index (κ2) is 7.12. The number of carbonyl (C=O) groups excluding carboxylic acids is 1. The fraction of sp³-hybridized carbons (Fsp3) is 0.286. The number of rotatable bonds is 6. The Hall–Kier alpha value is -2.95. The molecule has 2 aromatic carbocycles. The second-order valence-electron chi connectivity index (χ2n) is 6.04. The third-order valence-corrected chi connectivity index (χ3v) is 4.78. The van der Waals surface area contributed by atoms with E-state index >= 15 is 0 Å². The van der Waals surface area contributed by atoms with Crippen LogP contribution in [0.3, 0.4) is 0 Å². The first-order valence-electron chi connectivity index (χ1n) is 8.29. The minimum absolute atomic E-state index is 0.245. The van der Waals surface area contributed by atoms with Crippen LogP contribution in [0.25, 0.3) is 0 Å². The molecule has 5 heteroatoms. The summed E-state index contributed by atoms with van der Waals surface area (Å²) in [5, 5.41) is 0. The summed E-state index contributed by atoms with van der Waals surface area (Å²) in [6.45, 7) is 4.11. The fourth-order valence-electron chi connectivity index (χ4n) is 3.61. The molecule has 0 unspecified atom stereocenters. The Morgan fingerprint density at radius 2 is 1.77 bits per heavy atom. The van der Waals surface area contributed by atoms with Crippen LogP contribution >= 0.6 is 0 Å². The van der Waals surface area contributed by atoms with Gasteiger partial charge >= 0.3 is 5.97 Å². The van der Waals surface area contributed by atoms with E-state index in [1.807, 2.05) is 24.3 Å². The van der Waals surface area contributed by atoms with E-state index in [1.165, 1.54) is 0 Å². The average Bonchev–Trinajstić information content (AvgIpc) is 2.69. The van der Waals surface area contributed by atoms with Gasteiger partial charge in [0.25, 0.3) is 0 Å². The number of cyclic esters (lactones) is 1. The Kier molecular flexibility index (Phi) is 4.89. The van der Waals surface area contributed by atoms with Crippen molar-refractivity contribution in [1.82, 2.24) is 0 Å². The molecule has 0 amide bonds. The van der Waals surface area contributed by atoms with Crippen molar-refractivity contribution in [2.24, 2.45) is 0 Å². The van der Waals surface area contributed by atoms with Gasteiger partial charge in [-0.1, -0.05) is 30.3 Å². The summed E-state index contributed by atoms with van der Waals surface area (Å²) in [4.78, 5) is 13.1. The SMILES string of the molecule is C=CC[C@@]1(c2c(OC)cc(OC)cc2OC)C(=O)OCc2ccccc21. The Bertz CT molecular complexity index is 817. The van der Waals surface area contributed by atoms with Gasteiger partial charge in [-0.25, -0.2) is 0 Å². The maximum absolute atomic E-state index is 13.1. The molecule has 1 aliphatic rings. The first-order chi connectivity index (χ1) is 12.6. The fourth-order valence-corrected chi connectivity index (χ4v) is 3.61. The summed E-state index contributed by atoms with van der Waals surface area (Å²) in [5.74, 6) is 1.22. The van der Waals surface area contributed by atoms with Gasteiger partial charge in [-0.05, 0) is 17.5 Å². The summed E-state index contributed by atoms with van der Waals surface area (Å²) in [6.07, 6.45) is 2.06. The highest BCUT2D eigenvalue weighted by Gasteiger charge is 2.50. The third-order valence-electron chi connectivity index (χ3n) is 4.78. The van der Waals surface area contributed by atoms with Crippen LogP contribution in [0.15, 0.2) is 49.1 Å². The molecule has 2 aromatic rings. The largest absolute Gasteiger partial charge is 0.496 e. The van der Waals surface area contributed by atoms with Gasteiger partial charge in [-0.15, -0.1) is 6.58 Å². The van der Waals surface area contributed by atoms with Gasteiger partial charge in [0, 0.05) is 12.1 Å². The predicted octanol–water partition coefficient (Wildman–Crippen LogP) is 3.63. The van der Waals surface area contributed by atoms with Crippen LogP contribution in [0.2, 0.25) is 0 Å². The molecule has 0 fully saturated rings. The Balaban J connectivity index is 2.40. The van der Waals surface area contributed by atoms with E-state index in [0.29, 0.717) is 29.2 Å². The van der Waals surface area contributed by atoms with Gasteiger partial charge in [-0.2, -0.15) is 0 Å². The van der Waals surface area contributed by atoms with Gasteiger partial charge in [0.2, 0.25) is 0 Å². The number of fused-ring (bicyclic) bond motifs is 1. The monoisotopic (exact) mass is 354 g/mol. The Labute approximate surface area is 153 Å². The molecule has 0 saturated carbocycles. The highest BCUT2D eigenvalue weighted by Crippen LogP contribution is 2.50. The van der Waals surface area contributed by atoms with Gasteiger partial charge in [0.1, 0.15) is 29.3 Å². The molecule has 1 heterocycles. The molecular formula is C21H22O5. The van der Waals surface area contributed by atoms with Gasteiger partial charge < -0.3 is 18.9 Å². The lowest BCUT2D eigenvalue weighted by Gasteiger charge is -2.38. The zero-order valence-corrected chi connectivity index (χ0v) is 15.2. The highest BCUT2D eigenvalue weighted by atomic mass is 16.5. The van der Waals surface area contributed by atoms with Crippen LogP contribution in [0, 0.1) is 0 Å². The van der Waals surface area contributed by atoms with Crippen LogP contribution < -0.4 is 14.2 Å². The minimum Gasteiger partial charge on any atom is -0.496 e. The molecule has 0 bridgehead atoms. The zero-order chi connectivity index (χ0) is 18.7. The second-order valence-corrected chi connectivity index (χ2v) is 6.04. The number of ether oxygens (including phenoxy) is 4. The van der Waals surface area contributed by atoms with Crippen molar-refractivity contribution < 1.29 is 23.7 Å². The van der Waals surface area contributed by atoms with E-state index in [9.17, 15) is 4.79 Å². The summed E-state index contributed by atoms with van der Waals surface area (Å²) in [7, 11) is 4.68. The first-order valence-corrected chi connectivity index (χ1v) is 8.29. The molecule has 0 saturated heterocycles. The van der Waals surface area contributed by atoms with E-state index in [2.05, 4.69) is 6.58 Å². The molecule has 0 spiro atoms. The van der Waals surface area contributed by atoms with Crippen LogP contribution in [-0.2, 0) is 21.6 Å². The summed E-state index contributed by atoms with van der Waals surface area (Å²) < 4.78 is 22.1. The quantitative estimate of drug-likeness (QED) is 0.586. The van der Waals surface area contributed by atoms with Crippen molar-refractivity contribution in [2.75, 3.05) is 21.3 Å². The lowest BCUT2D eigenvalue weighted by Crippen LogP contribution is -2.42. The molecule has 0 aromatic heterocycles. The number of methoxy groups -OCH3 is 3. The van der Waals surface area contributed by atoms with Crippen LogP contribution in [0.4, 0.5) is 0 Å². The van der Waals surface area contributed by atoms with Crippen LogP contribution in [0.1, 0.15) is 23.1 Å². The zero-order valence-electron chi connectivity index (χ0n) is 15.2. The van der Waals surface area contributed by atoms with Gasteiger partial charge in [0.05, 0.1) is 26.9 Å². The van der Waals surface area contributed by atoms with Crippen LogP contribution in [0.5, 0.6) is 17.2 Å². The minimum atomic E-state index is -1.10. The normalized spacial score (nSPS) is 18.5. The molecule has 0 N–H and O–H groups in total. The molecule has 26 heavy (non-hydrogen) atoms. The highest BCUT2D eigenvalue weighted by molar-refractivity contribution is 5.92. The summed E-state index contributed by atoms with van der Waals surface area (Å²) in [6, 6.07) is 11.2. The van der Waals surface area contributed by atoms with E-state index < -0.39 is 5.41 Å². The van der Waals surface area contributed by atoms with Crippen molar-refractivity contribution >= 4 is 5.97 Å². The van der Waals surface area contributed by atoms with Crippen LogP contribution in [-0.4, -0.2) is 27.3 Å². The van der Waals surface area contributed by atoms with E-state index in [0.717, 1.165) is 11.1 Å². The Morgan fingerprint density at radius 3 is 2.35 bits per heavy atom. The average molecular weight is 354 g/mol. The molecule has 3 rings (SSSR count). The molecule has 136 valence electrons. The van der Waals surface area contributed by atoms with Gasteiger partial charge in [0.15, 0.2) is 0 Å². The van der Waals surface area contributed by atoms with E-state index in [4.69, 9.17) is 18.9 Å². The number of allylic oxidation sites excluding steroid dienone is 1. The molecule has 5 nitrogen and oxygen atoms in total. The maximum Gasteiger partial charge on any atom is 0.322 e. The summed E-state index contributed by atoms with van der Waals surface area (Å²) >= 11 is 0. The number of esters is 1. The number of benzene rings is 2. The maximum atomic E-state index is 13.1.